The molecule has 3 aliphatic heterocycles. The number of hydrogen-bond donors (Lipinski definition) is 0. The zero-order valence-electron chi connectivity index (χ0n) is 21.8. The second-order valence-electron chi connectivity index (χ2n) is 10.3. The van der Waals surface area contributed by atoms with Crippen molar-refractivity contribution in [1.29, 1.82) is 0 Å². The van der Waals surface area contributed by atoms with Crippen LogP contribution in [0.1, 0.15) is 62.7 Å². The van der Waals surface area contributed by atoms with E-state index in [1.807, 2.05) is 29.2 Å². The molecule has 0 saturated carbocycles. The fourth-order valence-electron chi connectivity index (χ4n) is 5.70. The van der Waals surface area contributed by atoms with E-state index in [0.717, 1.165) is 115 Å². The SMILES string of the molecule is CCCCOc1ccc(C(=O)N2CCC(N3CCC(C(=O)N4CCN(CC)CC4)CC3)CC2)cc1. The van der Waals surface area contributed by atoms with Gasteiger partial charge in [0.2, 0.25) is 5.91 Å². The summed E-state index contributed by atoms with van der Waals surface area (Å²) in [7, 11) is 0. The predicted octanol–water partition coefficient (Wildman–Crippen LogP) is 3.35. The molecule has 1 aromatic carbocycles. The molecule has 7 heteroatoms. The summed E-state index contributed by atoms with van der Waals surface area (Å²) >= 11 is 0. The summed E-state index contributed by atoms with van der Waals surface area (Å²) in [4.78, 5) is 35.1. The number of likely N-dealkylation sites (N-methyl/N-ethyl adjacent to an activating group) is 1. The number of piperazine rings is 1. The van der Waals surface area contributed by atoms with Gasteiger partial charge >= 0.3 is 0 Å². The number of hydrogen-bond acceptors (Lipinski definition) is 5. The standard InChI is InChI=1S/C28H44N4O3/c1-3-5-22-35-26-8-6-23(7-9-26)27(33)31-16-12-25(13-17-31)30-14-10-24(11-15-30)28(34)32-20-18-29(4-2)19-21-32/h6-9,24-25H,3-5,10-22H2,1-2H3. The lowest BCUT2D eigenvalue weighted by Crippen LogP contribution is -2.53. The van der Waals surface area contributed by atoms with Gasteiger partial charge in [-0.25, -0.2) is 0 Å². The van der Waals surface area contributed by atoms with Crippen molar-refractivity contribution in [3.05, 3.63) is 29.8 Å². The van der Waals surface area contributed by atoms with E-state index in [9.17, 15) is 9.59 Å². The van der Waals surface area contributed by atoms with E-state index in [2.05, 4.69) is 28.5 Å². The van der Waals surface area contributed by atoms with Gasteiger partial charge in [-0.2, -0.15) is 0 Å². The highest BCUT2D eigenvalue weighted by atomic mass is 16.5. The van der Waals surface area contributed by atoms with E-state index in [1.165, 1.54) is 0 Å². The first-order chi connectivity index (χ1) is 17.1. The molecular weight excluding hydrogens is 440 g/mol. The van der Waals surface area contributed by atoms with Crippen LogP contribution in [0.25, 0.3) is 0 Å². The number of carbonyl (C=O) groups is 2. The topological polar surface area (TPSA) is 56.3 Å². The van der Waals surface area contributed by atoms with E-state index in [1.54, 1.807) is 0 Å². The van der Waals surface area contributed by atoms with Crippen LogP contribution < -0.4 is 4.74 Å². The second kappa shape index (κ2) is 12.7. The molecule has 194 valence electrons. The maximum absolute atomic E-state index is 13.0. The molecule has 0 N–H and O–H groups in total. The predicted molar refractivity (Wildman–Crippen MR) is 139 cm³/mol. The van der Waals surface area contributed by atoms with Gasteiger partial charge in [-0.3, -0.25) is 9.59 Å². The summed E-state index contributed by atoms with van der Waals surface area (Å²) in [5.74, 6) is 1.52. The van der Waals surface area contributed by atoms with Crippen LogP contribution in [-0.4, -0.2) is 103 Å². The number of nitrogens with zero attached hydrogens (tertiary/aromatic N) is 4. The maximum Gasteiger partial charge on any atom is 0.253 e. The lowest BCUT2D eigenvalue weighted by molar-refractivity contribution is -0.139. The minimum Gasteiger partial charge on any atom is -0.494 e. The van der Waals surface area contributed by atoms with Crippen LogP contribution in [0.3, 0.4) is 0 Å². The Hall–Kier alpha value is -2.12. The Morgan fingerprint density at radius 3 is 2.09 bits per heavy atom. The zero-order valence-corrected chi connectivity index (χ0v) is 21.8. The maximum atomic E-state index is 13.0. The molecule has 35 heavy (non-hydrogen) atoms. The van der Waals surface area contributed by atoms with E-state index in [-0.39, 0.29) is 11.8 Å². The van der Waals surface area contributed by atoms with Crippen molar-refractivity contribution in [2.45, 2.75) is 58.4 Å². The summed E-state index contributed by atoms with van der Waals surface area (Å²) in [5, 5.41) is 0. The Balaban J connectivity index is 1.18. The van der Waals surface area contributed by atoms with Crippen molar-refractivity contribution in [3.8, 4) is 5.75 Å². The first-order valence-electron chi connectivity index (χ1n) is 13.9. The molecule has 3 aliphatic rings. The van der Waals surface area contributed by atoms with Gasteiger partial charge in [0, 0.05) is 56.8 Å². The summed E-state index contributed by atoms with van der Waals surface area (Å²) in [6.45, 7) is 13.5. The first kappa shape index (κ1) is 26.0. The van der Waals surface area contributed by atoms with Crippen LogP contribution in [-0.2, 0) is 4.79 Å². The van der Waals surface area contributed by atoms with Gasteiger partial charge < -0.3 is 24.3 Å². The number of piperidine rings is 2. The number of rotatable bonds is 8. The Labute approximate surface area is 211 Å². The van der Waals surface area contributed by atoms with Crippen LogP contribution in [0.2, 0.25) is 0 Å². The zero-order chi connectivity index (χ0) is 24.6. The third kappa shape index (κ3) is 6.76. The molecule has 0 spiro atoms. The molecule has 0 bridgehead atoms. The smallest absolute Gasteiger partial charge is 0.253 e. The van der Waals surface area contributed by atoms with Crippen molar-refractivity contribution in [2.75, 3.05) is 65.5 Å². The molecular formula is C28H44N4O3. The van der Waals surface area contributed by atoms with Gasteiger partial charge in [0.15, 0.2) is 0 Å². The molecule has 4 rings (SSSR count). The average Bonchev–Trinajstić information content (AvgIpc) is 2.93. The van der Waals surface area contributed by atoms with Gasteiger partial charge in [0.25, 0.3) is 5.91 Å². The molecule has 0 aliphatic carbocycles. The molecule has 0 unspecified atom stereocenters. The highest BCUT2D eigenvalue weighted by molar-refractivity contribution is 5.94. The highest BCUT2D eigenvalue weighted by Crippen LogP contribution is 2.26. The summed E-state index contributed by atoms with van der Waals surface area (Å²) < 4.78 is 5.72. The Bertz CT molecular complexity index is 806. The van der Waals surface area contributed by atoms with E-state index in [0.29, 0.717) is 11.9 Å². The lowest BCUT2D eigenvalue weighted by atomic mass is 9.92. The molecule has 3 saturated heterocycles. The second-order valence-corrected chi connectivity index (χ2v) is 10.3. The lowest BCUT2D eigenvalue weighted by Gasteiger charge is -2.42. The molecule has 7 nitrogen and oxygen atoms in total. The van der Waals surface area contributed by atoms with Gasteiger partial charge in [0.05, 0.1) is 6.61 Å². The number of benzene rings is 1. The Kier molecular flexibility index (Phi) is 9.44. The molecule has 2 amide bonds. The quantitative estimate of drug-likeness (QED) is 0.530. The van der Waals surface area contributed by atoms with Crippen molar-refractivity contribution in [3.63, 3.8) is 0 Å². The van der Waals surface area contributed by atoms with Crippen molar-refractivity contribution in [2.24, 2.45) is 5.92 Å². The van der Waals surface area contributed by atoms with Gasteiger partial charge in [0.1, 0.15) is 5.75 Å². The molecule has 0 atom stereocenters. The van der Waals surface area contributed by atoms with Crippen LogP contribution in [0.15, 0.2) is 24.3 Å². The van der Waals surface area contributed by atoms with Gasteiger partial charge in [-0.05, 0) is 76.0 Å². The monoisotopic (exact) mass is 484 g/mol. The van der Waals surface area contributed by atoms with Crippen LogP contribution in [0.5, 0.6) is 5.75 Å². The highest BCUT2D eigenvalue weighted by Gasteiger charge is 2.34. The van der Waals surface area contributed by atoms with Crippen LogP contribution >= 0.6 is 0 Å². The Morgan fingerprint density at radius 2 is 1.49 bits per heavy atom. The fraction of sp³-hybridized carbons (Fsp3) is 0.714. The summed E-state index contributed by atoms with van der Waals surface area (Å²) in [6.07, 6.45) is 6.12. The minimum absolute atomic E-state index is 0.121. The van der Waals surface area contributed by atoms with E-state index in [4.69, 9.17) is 4.74 Å². The van der Waals surface area contributed by atoms with Crippen LogP contribution in [0, 0.1) is 5.92 Å². The van der Waals surface area contributed by atoms with Crippen molar-refractivity contribution >= 4 is 11.8 Å². The minimum atomic E-state index is 0.121. The molecule has 1 aromatic rings. The van der Waals surface area contributed by atoms with E-state index < -0.39 is 0 Å². The average molecular weight is 485 g/mol. The molecule has 0 radical (unpaired) electrons. The van der Waals surface area contributed by atoms with Gasteiger partial charge in [-0.1, -0.05) is 20.3 Å². The van der Waals surface area contributed by atoms with Crippen LogP contribution in [0.4, 0.5) is 0 Å². The number of amides is 2. The first-order valence-corrected chi connectivity index (χ1v) is 13.9. The van der Waals surface area contributed by atoms with Crippen molar-refractivity contribution in [1.82, 2.24) is 19.6 Å². The number of ether oxygens (including phenoxy) is 1. The van der Waals surface area contributed by atoms with Gasteiger partial charge in [-0.15, -0.1) is 0 Å². The fourth-order valence-corrected chi connectivity index (χ4v) is 5.70. The Morgan fingerprint density at radius 1 is 0.829 bits per heavy atom. The third-order valence-electron chi connectivity index (χ3n) is 8.15. The number of likely N-dealkylation sites (tertiary alicyclic amines) is 2. The van der Waals surface area contributed by atoms with E-state index >= 15 is 0 Å². The summed E-state index contributed by atoms with van der Waals surface area (Å²) in [6, 6.07) is 8.12. The number of unbranched alkanes of at least 4 members (excludes halogenated alkanes) is 1. The third-order valence-corrected chi connectivity index (χ3v) is 8.15. The molecule has 0 aromatic heterocycles. The molecule has 3 heterocycles. The summed E-state index contributed by atoms with van der Waals surface area (Å²) in [5.41, 5.74) is 0.741. The molecule has 3 fully saturated rings. The largest absolute Gasteiger partial charge is 0.494 e. The number of carbonyl (C=O) groups excluding carboxylic acids is 2. The normalized spacial score (nSPS) is 21.3. The van der Waals surface area contributed by atoms with Crippen molar-refractivity contribution < 1.29 is 14.3 Å².